The minimum absolute atomic E-state index is 0.297. The second-order valence-corrected chi connectivity index (χ2v) is 7.29. The van der Waals surface area contributed by atoms with Crippen molar-refractivity contribution in [2.45, 2.75) is 44.4 Å². The molecule has 28 heavy (non-hydrogen) atoms. The van der Waals surface area contributed by atoms with E-state index in [1.54, 1.807) is 12.1 Å². The molecule has 5 nitrogen and oxygen atoms in total. The van der Waals surface area contributed by atoms with Crippen LogP contribution >= 0.6 is 11.6 Å². The molecule has 148 valence electrons. The van der Waals surface area contributed by atoms with Crippen molar-refractivity contribution in [3.05, 3.63) is 63.9 Å². The fourth-order valence-corrected chi connectivity index (χ4v) is 3.54. The molecule has 0 radical (unpaired) electrons. The zero-order valence-corrected chi connectivity index (χ0v) is 16.7. The van der Waals surface area contributed by atoms with E-state index in [4.69, 9.17) is 21.1 Å². The number of nitrogens with zero attached hydrogens (tertiary/aromatic N) is 1. The third-order valence-corrected chi connectivity index (χ3v) is 5.20. The summed E-state index contributed by atoms with van der Waals surface area (Å²) in [6.07, 6.45) is 6.95. The van der Waals surface area contributed by atoms with E-state index in [9.17, 15) is 9.59 Å². The molecule has 0 amide bonds. The van der Waals surface area contributed by atoms with Crippen LogP contribution in [0.15, 0.2) is 36.5 Å². The smallest absolute Gasteiger partial charge is 0.339 e. The zero-order chi connectivity index (χ0) is 19.9. The highest BCUT2D eigenvalue weighted by atomic mass is 35.5. The van der Waals surface area contributed by atoms with Crippen molar-refractivity contribution in [3.8, 4) is 0 Å². The largest absolute Gasteiger partial charge is 0.465 e. The molecule has 3 rings (SSSR count). The Labute approximate surface area is 170 Å². The number of methoxy groups -OCH3 is 1. The van der Waals surface area contributed by atoms with Crippen molar-refractivity contribution in [2.75, 3.05) is 13.7 Å². The Bertz CT molecular complexity index is 834. The predicted molar refractivity (Wildman–Crippen MR) is 107 cm³/mol. The maximum Gasteiger partial charge on any atom is 0.339 e. The van der Waals surface area contributed by atoms with E-state index in [0.717, 1.165) is 49.7 Å². The standard InChI is InChI=1S/C22H24ClNO4/c1-27-22(26)18-14-24-20(23)17(19(18)15-11-12-15)10-6-3-7-13-28-21(25)16-8-4-2-5-9-16/h2,4-5,8-9,14-15H,3,6-7,10-13H2,1H3. The van der Waals surface area contributed by atoms with Crippen LogP contribution in [-0.4, -0.2) is 30.6 Å². The lowest BCUT2D eigenvalue weighted by Crippen LogP contribution is -2.10. The van der Waals surface area contributed by atoms with E-state index >= 15 is 0 Å². The number of hydrogen-bond acceptors (Lipinski definition) is 5. The number of ether oxygens (including phenoxy) is 2. The van der Waals surface area contributed by atoms with Crippen LogP contribution in [0, 0.1) is 0 Å². The Balaban J connectivity index is 1.51. The molecule has 1 aliphatic carbocycles. The number of halogens is 1. The van der Waals surface area contributed by atoms with Crippen molar-refractivity contribution >= 4 is 23.5 Å². The molecule has 0 unspecified atom stereocenters. The number of rotatable bonds is 9. The van der Waals surface area contributed by atoms with Gasteiger partial charge >= 0.3 is 11.9 Å². The summed E-state index contributed by atoms with van der Waals surface area (Å²) in [5.41, 5.74) is 3.05. The molecule has 0 N–H and O–H groups in total. The lowest BCUT2D eigenvalue weighted by atomic mass is 9.96. The van der Waals surface area contributed by atoms with Crippen molar-refractivity contribution in [3.63, 3.8) is 0 Å². The fourth-order valence-electron chi connectivity index (χ4n) is 3.29. The molecule has 0 atom stereocenters. The van der Waals surface area contributed by atoms with Gasteiger partial charge in [-0.05, 0) is 67.7 Å². The normalized spacial score (nSPS) is 13.2. The first kappa shape index (κ1) is 20.3. The first-order valence-corrected chi connectivity index (χ1v) is 9.97. The fraction of sp³-hybridized carbons (Fsp3) is 0.409. The number of carbonyl (C=O) groups is 2. The Morgan fingerprint density at radius 2 is 1.86 bits per heavy atom. The Morgan fingerprint density at radius 3 is 2.54 bits per heavy atom. The highest BCUT2D eigenvalue weighted by Crippen LogP contribution is 2.45. The lowest BCUT2D eigenvalue weighted by Gasteiger charge is -2.14. The van der Waals surface area contributed by atoms with Crippen LogP contribution in [0.1, 0.15) is 69.9 Å². The van der Waals surface area contributed by atoms with Crippen LogP contribution in [0.4, 0.5) is 0 Å². The number of carbonyl (C=O) groups excluding carboxylic acids is 2. The van der Waals surface area contributed by atoms with E-state index in [-0.39, 0.29) is 11.9 Å². The zero-order valence-electron chi connectivity index (χ0n) is 15.9. The van der Waals surface area contributed by atoms with Crippen LogP contribution in [-0.2, 0) is 15.9 Å². The number of hydrogen-bond donors (Lipinski definition) is 0. The van der Waals surface area contributed by atoms with Crippen molar-refractivity contribution in [1.29, 1.82) is 0 Å². The van der Waals surface area contributed by atoms with Crippen molar-refractivity contribution in [2.24, 2.45) is 0 Å². The molecule has 1 aromatic carbocycles. The quantitative estimate of drug-likeness (QED) is 0.337. The van der Waals surface area contributed by atoms with Gasteiger partial charge in [-0.2, -0.15) is 0 Å². The number of unbranched alkanes of at least 4 members (excludes halogenated alkanes) is 2. The van der Waals surface area contributed by atoms with Gasteiger partial charge in [-0.3, -0.25) is 0 Å². The summed E-state index contributed by atoms with van der Waals surface area (Å²) in [6.45, 7) is 0.386. The summed E-state index contributed by atoms with van der Waals surface area (Å²) in [5.74, 6) is -0.286. The van der Waals surface area contributed by atoms with Crippen molar-refractivity contribution in [1.82, 2.24) is 4.98 Å². The maximum absolute atomic E-state index is 12.1. The second-order valence-electron chi connectivity index (χ2n) is 6.93. The molecule has 1 aromatic heterocycles. The summed E-state index contributed by atoms with van der Waals surface area (Å²) in [7, 11) is 1.38. The number of aromatic nitrogens is 1. The molecule has 1 saturated carbocycles. The SMILES string of the molecule is COC(=O)c1cnc(Cl)c(CCCCCOC(=O)c2ccccc2)c1C1CC1. The van der Waals surface area contributed by atoms with Crippen LogP contribution in [0.2, 0.25) is 5.15 Å². The first-order valence-electron chi connectivity index (χ1n) is 9.59. The van der Waals surface area contributed by atoms with Crippen LogP contribution in [0.25, 0.3) is 0 Å². The van der Waals surface area contributed by atoms with Crippen LogP contribution < -0.4 is 0 Å². The lowest BCUT2D eigenvalue weighted by molar-refractivity contribution is 0.0497. The Hall–Kier alpha value is -2.40. The third-order valence-electron chi connectivity index (χ3n) is 4.88. The summed E-state index contributed by atoms with van der Waals surface area (Å²) in [6, 6.07) is 8.97. The second kappa shape index (κ2) is 9.69. The Morgan fingerprint density at radius 1 is 1.11 bits per heavy atom. The van der Waals surface area contributed by atoms with Gasteiger partial charge in [0.1, 0.15) is 5.15 Å². The summed E-state index contributed by atoms with van der Waals surface area (Å²) in [4.78, 5) is 28.2. The monoisotopic (exact) mass is 401 g/mol. The van der Waals surface area contributed by atoms with E-state index < -0.39 is 0 Å². The number of pyridine rings is 1. The summed E-state index contributed by atoms with van der Waals surface area (Å²) >= 11 is 6.34. The highest BCUT2D eigenvalue weighted by Gasteiger charge is 2.32. The molecular weight excluding hydrogens is 378 g/mol. The topological polar surface area (TPSA) is 65.5 Å². The van der Waals surface area contributed by atoms with Gasteiger partial charge in [-0.25, -0.2) is 14.6 Å². The molecule has 1 heterocycles. The first-order chi connectivity index (χ1) is 13.6. The predicted octanol–water partition coefficient (Wildman–Crippen LogP) is 4.97. The van der Waals surface area contributed by atoms with E-state index in [1.807, 2.05) is 18.2 Å². The van der Waals surface area contributed by atoms with Gasteiger partial charge in [-0.15, -0.1) is 0 Å². The average molecular weight is 402 g/mol. The van der Waals surface area contributed by atoms with Gasteiger partial charge < -0.3 is 9.47 Å². The molecule has 0 bridgehead atoms. The minimum atomic E-state index is -0.361. The number of benzene rings is 1. The van der Waals surface area contributed by atoms with Crippen LogP contribution in [0.5, 0.6) is 0 Å². The Kier molecular flexibility index (Phi) is 7.04. The molecule has 0 spiro atoms. The van der Waals surface area contributed by atoms with Gasteiger partial charge in [0.15, 0.2) is 0 Å². The van der Waals surface area contributed by atoms with Gasteiger partial charge in [0, 0.05) is 6.20 Å². The molecule has 2 aromatic rings. The highest BCUT2D eigenvalue weighted by molar-refractivity contribution is 6.30. The summed E-state index contributed by atoms with van der Waals surface area (Å²) < 4.78 is 10.2. The van der Waals surface area contributed by atoms with Crippen molar-refractivity contribution < 1.29 is 19.1 Å². The van der Waals surface area contributed by atoms with E-state index in [2.05, 4.69) is 4.98 Å². The third kappa shape index (κ3) is 5.10. The van der Waals surface area contributed by atoms with Crippen LogP contribution in [0.3, 0.4) is 0 Å². The van der Waals surface area contributed by atoms with Gasteiger partial charge in [-0.1, -0.05) is 29.8 Å². The molecular formula is C22H24ClNO4. The average Bonchev–Trinajstić information content (AvgIpc) is 3.56. The van der Waals surface area contributed by atoms with Gasteiger partial charge in [0.05, 0.1) is 24.8 Å². The maximum atomic E-state index is 12.1. The molecule has 1 aliphatic rings. The molecule has 6 heteroatoms. The minimum Gasteiger partial charge on any atom is -0.465 e. The number of esters is 2. The van der Waals surface area contributed by atoms with Gasteiger partial charge in [0.25, 0.3) is 0 Å². The molecule has 1 fully saturated rings. The van der Waals surface area contributed by atoms with E-state index in [1.165, 1.54) is 13.3 Å². The summed E-state index contributed by atoms with van der Waals surface area (Å²) in [5, 5.41) is 0.463. The molecule has 0 aliphatic heterocycles. The molecule has 0 saturated heterocycles. The van der Waals surface area contributed by atoms with Gasteiger partial charge in [0.2, 0.25) is 0 Å². The van der Waals surface area contributed by atoms with E-state index in [0.29, 0.717) is 28.8 Å².